The summed E-state index contributed by atoms with van der Waals surface area (Å²) >= 11 is 12.6. The summed E-state index contributed by atoms with van der Waals surface area (Å²) in [5.41, 5.74) is 8.94. The van der Waals surface area contributed by atoms with Gasteiger partial charge in [-0.1, -0.05) is 29.3 Å². The Balaban J connectivity index is 1.94. The van der Waals surface area contributed by atoms with Crippen LogP contribution in [0.3, 0.4) is 0 Å². The Morgan fingerprint density at radius 1 is 1.27 bits per heavy atom. The Labute approximate surface area is 203 Å². The molecular weight excluding hydrogens is 463 g/mol. The minimum atomic E-state index is -0.476. The van der Waals surface area contributed by atoms with Gasteiger partial charge in [-0.05, 0) is 54.8 Å². The number of piperidine rings is 1. The molecule has 0 radical (unpaired) electrons. The van der Waals surface area contributed by atoms with E-state index >= 15 is 0 Å². The molecule has 9 heteroatoms. The maximum Gasteiger partial charge on any atom is 0.256 e. The number of halogens is 2. The molecule has 2 aromatic carbocycles. The quantitative estimate of drug-likeness (QED) is 0.572. The van der Waals surface area contributed by atoms with Gasteiger partial charge in [-0.15, -0.1) is 0 Å². The molecule has 1 heterocycles. The summed E-state index contributed by atoms with van der Waals surface area (Å²) in [6.07, 6.45) is 0.529. The van der Waals surface area contributed by atoms with Crippen LogP contribution in [0.4, 0.5) is 0 Å². The fourth-order valence-electron chi connectivity index (χ4n) is 4.06. The number of carbonyl (C=O) groups is 2. The highest BCUT2D eigenvalue weighted by Gasteiger charge is 2.33. The van der Waals surface area contributed by atoms with E-state index in [1.54, 1.807) is 42.3 Å². The summed E-state index contributed by atoms with van der Waals surface area (Å²) in [4.78, 5) is 26.3. The Bertz CT molecular complexity index is 1150. The van der Waals surface area contributed by atoms with E-state index < -0.39 is 11.9 Å². The monoisotopic (exact) mass is 488 g/mol. The second-order valence-electron chi connectivity index (χ2n) is 7.75. The van der Waals surface area contributed by atoms with Crippen molar-refractivity contribution in [1.82, 2.24) is 10.2 Å². The van der Waals surface area contributed by atoms with E-state index in [-0.39, 0.29) is 17.4 Å². The molecule has 0 aromatic heterocycles. The molecule has 174 valence electrons. The standard InChI is InChI=1S/C24H26Cl2N4O3/c1-13-22(28)18(23(29-2)15-9-14(11-20(27)31)10-16(25)12-15)7-8-30(13)24(32)17-5-4-6-19(33-3)21(17)26/h4-6,9-10,12-13,28-29H,7-8,11H2,1-3H3,(H2,27,31)/b23-18-,28-22?/t13-/m1/s1. The lowest BCUT2D eigenvalue weighted by atomic mass is 9.90. The van der Waals surface area contributed by atoms with E-state index in [0.29, 0.717) is 40.6 Å². The molecule has 0 saturated carbocycles. The van der Waals surface area contributed by atoms with E-state index in [4.69, 9.17) is 39.1 Å². The maximum atomic E-state index is 13.2. The number of ether oxygens (including phenoxy) is 1. The average Bonchev–Trinajstić information content (AvgIpc) is 2.76. The molecule has 0 aliphatic carbocycles. The zero-order valence-electron chi connectivity index (χ0n) is 18.7. The normalized spacial score (nSPS) is 17.5. The van der Waals surface area contributed by atoms with Crippen molar-refractivity contribution in [2.45, 2.75) is 25.8 Å². The Morgan fingerprint density at radius 3 is 2.64 bits per heavy atom. The molecule has 2 aromatic rings. The van der Waals surface area contributed by atoms with Crippen LogP contribution in [0.15, 0.2) is 42.0 Å². The van der Waals surface area contributed by atoms with Crippen LogP contribution in [-0.2, 0) is 11.2 Å². The molecule has 0 bridgehead atoms. The number of likely N-dealkylation sites (tertiary alicyclic amines) is 1. The summed E-state index contributed by atoms with van der Waals surface area (Å²) < 4.78 is 5.23. The van der Waals surface area contributed by atoms with Gasteiger partial charge in [0.15, 0.2) is 0 Å². The number of amides is 2. The van der Waals surface area contributed by atoms with Crippen molar-refractivity contribution in [3.8, 4) is 5.75 Å². The highest BCUT2D eigenvalue weighted by Crippen LogP contribution is 2.32. The summed E-state index contributed by atoms with van der Waals surface area (Å²) in [7, 11) is 3.26. The van der Waals surface area contributed by atoms with Crippen LogP contribution in [0.25, 0.3) is 5.70 Å². The van der Waals surface area contributed by atoms with Gasteiger partial charge in [-0.3, -0.25) is 9.59 Å². The molecule has 0 unspecified atom stereocenters. The van der Waals surface area contributed by atoms with Crippen molar-refractivity contribution in [3.63, 3.8) is 0 Å². The zero-order valence-corrected chi connectivity index (χ0v) is 20.2. The number of primary amides is 1. The Kier molecular flexibility index (Phi) is 7.66. The van der Waals surface area contributed by atoms with Gasteiger partial charge >= 0.3 is 0 Å². The van der Waals surface area contributed by atoms with E-state index in [1.807, 2.05) is 13.0 Å². The van der Waals surface area contributed by atoms with Gasteiger partial charge in [-0.2, -0.15) is 0 Å². The van der Waals surface area contributed by atoms with Crippen molar-refractivity contribution in [3.05, 3.63) is 68.7 Å². The van der Waals surface area contributed by atoms with E-state index in [1.165, 1.54) is 7.11 Å². The van der Waals surface area contributed by atoms with Crippen LogP contribution in [-0.4, -0.2) is 49.2 Å². The third kappa shape index (κ3) is 5.15. The van der Waals surface area contributed by atoms with E-state index in [0.717, 1.165) is 16.8 Å². The molecule has 1 fully saturated rings. The molecule has 1 saturated heterocycles. The maximum absolute atomic E-state index is 13.2. The molecular formula is C24H26Cl2N4O3. The zero-order chi connectivity index (χ0) is 24.3. The fourth-order valence-corrected chi connectivity index (χ4v) is 4.60. The third-order valence-corrected chi connectivity index (χ3v) is 6.27. The van der Waals surface area contributed by atoms with Crippen molar-refractivity contribution in [2.75, 3.05) is 20.7 Å². The number of nitrogens with zero attached hydrogens (tertiary/aromatic N) is 1. The molecule has 4 N–H and O–H groups in total. The molecule has 1 atom stereocenters. The van der Waals surface area contributed by atoms with Gasteiger partial charge in [0.05, 0.1) is 35.9 Å². The first kappa shape index (κ1) is 24.6. The topological polar surface area (TPSA) is 109 Å². The predicted molar refractivity (Wildman–Crippen MR) is 131 cm³/mol. The lowest BCUT2D eigenvalue weighted by Crippen LogP contribution is -2.48. The Hall–Kier alpha value is -3.03. The van der Waals surface area contributed by atoms with Gasteiger partial charge in [0.25, 0.3) is 5.91 Å². The minimum Gasteiger partial charge on any atom is -0.495 e. The number of benzene rings is 2. The van der Waals surface area contributed by atoms with Gasteiger partial charge in [-0.25, -0.2) is 0 Å². The molecule has 33 heavy (non-hydrogen) atoms. The molecule has 0 spiro atoms. The SMILES string of the molecule is CN/C(=C1/CCN(C(=O)c2cccc(OC)c2Cl)[C@H](C)C1=N)c1cc(Cl)cc(CC(N)=O)c1. The lowest BCUT2D eigenvalue weighted by Gasteiger charge is -2.36. The summed E-state index contributed by atoms with van der Waals surface area (Å²) in [5.74, 6) is -0.285. The largest absolute Gasteiger partial charge is 0.495 e. The van der Waals surface area contributed by atoms with Gasteiger partial charge in [0.1, 0.15) is 5.75 Å². The number of methoxy groups -OCH3 is 1. The van der Waals surface area contributed by atoms with Crippen molar-refractivity contribution in [1.29, 1.82) is 5.41 Å². The van der Waals surface area contributed by atoms with Crippen molar-refractivity contribution >= 4 is 46.4 Å². The van der Waals surface area contributed by atoms with Crippen LogP contribution in [0.1, 0.15) is 34.8 Å². The first-order chi connectivity index (χ1) is 15.7. The van der Waals surface area contributed by atoms with E-state index in [2.05, 4.69) is 5.32 Å². The van der Waals surface area contributed by atoms with Crippen LogP contribution >= 0.6 is 23.2 Å². The molecule has 1 aliphatic heterocycles. The number of nitrogens with two attached hydrogens (primary N) is 1. The Morgan fingerprint density at radius 2 is 2.00 bits per heavy atom. The second kappa shape index (κ2) is 10.3. The lowest BCUT2D eigenvalue weighted by molar-refractivity contribution is -0.117. The molecule has 2 amide bonds. The third-order valence-electron chi connectivity index (χ3n) is 5.66. The van der Waals surface area contributed by atoms with Crippen LogP contribution in [0.5, 0.6) is 5.75 Å². The molecule has 1 aliphatic rings. The van der Waals surface area contributed by atoms with Gasteiger partial charge in [0.2, 0.25) is 5.91 Å². The highest BCUT2D eigenvalue weighted by molar-refractivity contribution is 6.35. The van der Waals surface area contributed by atoms with Crippen LogP contribution in [0, 0.1) is 5.41 Å². The fraction of sp³-hybridized carbons (Fsp3) is 0.292. The number of hydrogen-bond acceptors (Lipinski definition) is 5. The number of rotatable bonds is 6. The number of carbonyl (C=O) groups excluding carboxylic acids is 2. The summed E-state index contributed by atoms with van der Waals surface area (Å²) in [6.45, 7) is 2.22. The van der Waals surface area contributed by atoms with Gasteiger partial charge < -0.3 is 26.1 Å². The van der Waals surface area contributed by atoms with Crippen LogP contribution in [0.2, 0.25) is 10.0 Å². The highest BCUT2D eigenvalue weighted by atomic mass is 35.5. The van der Waals surface area contributed by atoms with E-state index in [9.17, 15) is 9.59 Å². The molecule has 7 nitrogen and oxygen atoms in total. The van der Waals surface area contributed by atoms with Gasteiger partial charge in [0, 0.05) is 29.9 Å². The number of hydrogen-bond donors (Lipinski definition) is 3. The predicted octanol–water partition coefficient (Wildman–Crippen LogP) is 3.91. The van der Waals surface area contributed by atoms with Crippen molar-refractivity contribution < 1.29 is 14.3 Å². The van der Waals surface area contributed by atoms with Crippen LogP contribution < -0.4 is 15.8 Å². The molecule has 3 rings (SSSR count). The first-order valence-electron chi connectivity index (χ1n) is 10.4. The second-order valence-corrected chi connectivity index (χ2v) is 8.57. The smallest absolute Gasteiger partial charge is 0.256 e. The minimum absolute atomic E-state index is 0.0668. The first-order valence-corrected chi connectivity index (χ1v) is 11.1. The average molecular weight is 489 g/mol. The summed E-state index contributed by atoms with van der Waals surface area (Å²) in [5, 5.41) is 12.7. The summed E-state index contributed by atoms with van der Waals surface area (Å²) in [6, 6.07) is 9.89. The van der Waals surface area contributed by atoms with Crippen molar-refractivity contribution in [2.24, 2.45) is 5.73 Å². The number of nitrogens with one attached hydrogen (secondary N) is 2.